The van der Waals surface area contributed by atoms with E-state index in [1.165, 1.54) is 0 Å². The molecule has 3 heterocycles. The van der Waals surface area contributed by atoms with E-state index >= 15 is 0 Å². The standard InChI is InChI=1S/C23H25N5O2/c29-21-12-18-15-27(23(30)26-19-7-4-8-24-13-19)14-17(18)11-20(21)28-10-9-25-22(28)16-5-2-1-3-6-16/h1-10,13,17-18,20-21,29H,11-12,14-15H2,(H,26,30)/t17-,18+,20-,21-/m0/s1. The Kier molecular flexibility index (Phi) is 4.96. The van der Waals surface area contributed by atoms with Crippen LogP contribution in [0.3, 0.4) is 0 Å². The van der Waals surface area contributed by atoms with Crippen LogP contribution in [0.4, 0.5) is 10.5 Å². The lowest BCUT2D eigenvalue weighted by Crippen LogP contribution is -2.36. The lowest BCUT2D eigenvalue weighted by molar-refractivity contribution is 0.0365. The number of rotatable bonds is 3. The van der Waals surface area contributed by atoms with Crippen LogP contribution in [0.1, 0.15) is 18.9 Å². The van der Waals surface area contributed by atoms with Gasteiger partial charge in [-0.15, -0.1) is 0 Å². The first-order chi connectivity index (χ1) is 14.7. The molecule has 2 aromatic heterocycles. The molecule has 0 unspecified atom stereocenters. The summed E-state index contributed by atoms with van der Waals surface area (Å²) in [5, 5.41) is 13.9. The smallest absolute Gasteiger partial charge is 0.321 e. The molecule has 4 atom stereocenters. The van der Waals surface area contributed by atoms with E-state index in [0.717, 1.165) is 17.8 Å². The van der Waals surface area contributed by atoms with Gasteiger partial charge < -0.3 is 19.9 Å². The number of carbonyl (C=O) groups excluding carboxylic acids is 1. The molecule has 0 bridgehead atoms. The van der Waals surface area contributed by atoms with Crippen LogP contribution in [0.2, 0.25) is 0 Å². The van der Waals surface area contributed by atoms with Gasteiger partial charge in [-0.25, -0.2) is 9.78 Å². The Labute approximate surface area is 175 Å². The molecule has 5 rings (SSSR count). The summed E-state index contributed by atoms with van der Waals surface area (Å²) in [6.45, 7) is 1.38. The number of imidazole rings is 1. The minimum Gasteiger partial charge on any atom is -0.391 e. The number of aromatic nitrogens is 3. The highest BCUT2D eigenvalue weighted by Crippen LogP contribution is 2.42. The van der Waals surface area contributed by atoms with Gasteiger partial charge in [-0.2, -0.15) is 0 Å². The molecular weight excluding hydrogens is 378 g/mol. The summed E-state index contributed by atoms with van der Waals surface area (Å²) < 4.78 is 2.11. The topological polar surface area (TPSA) is 83.3 Å². The van der Waals surface area contributed by atoms with Crippen molar-refractivity contribution in [3.63, 3.8) is 0 Å². The zero-order valence-electron chi connectivity index (χ0n) is 16.6. The van der Waals surface area contributed by atoms with Crippen molar-refractivity contribution < 1.29 is 9.90 Å². The van der Waals surface area contributed by atoms with E-state index in [2.05, 4.69) is 19.9 Å². The number of aliphatic hydroxyl groups excluding tert-OH is 1. The summed E-state index contributed by atoms with van der Waals surface area (Å²) >= 11 is 0. The lowest BCUT2D eigenvalue weighted by Gasteiger charge is -2.36. The zero-order chi connectivity index (χ0) is 20.5. The second kappa shape index (κ2) is 7.91. The Morgan fingerprint density at radius 2 is 1.83 bits per heavy atom. The van der Waals surface area contributed by atoms with Crippen LogP contribution in [0.5, 0.6) is 0 Å². The molecular formula is C23H25N5O2. The molecule has 2 fully saturated rings. The molecule has 30 heavy (non-hydrogen) atoms. The fraction of sp³-hybridized carbons (Fsp3) is 0.348. The van der Waals surface area contributed by atoms with E-state index in [9.17, 15) is 9.90 Å². The molecule has 0 spiro atoms. The van der Waals surface area contributed by atoms with Crippen LogP contribution in [0.25, 0.3) is 11.4 Å². The third-order valence-corrected chi connectivity index (χ3v) is 6.37. The number of benzene rings is 1. The van der Waals surface area contributed by atoms with Gasteiger partial charge in [0.1, 0.15) is 5.82 Å². The van der Waals surface area contributed by atoms with Crippen LogP contribution >= 0.6 is 0 Å². The highest BCUT2D eigenvalue weighted by molar-refractivity contribution is 5.89. The monoisotopic (exact) mass is 403 g/mol. The number of pyridine rings is 1. The van der Waals surface area contributed by atoms with E-state index in [1.807, 2.05) is 47.5 Å². The average molecular weight is 403 g/mol. The molecule has 1 aliphatic carbocycles. The second-order valence-electron chi connectivity index (χ2n) is 8.23. The van der Waals surface area contributed by atoms with E-state index in [0.29, 0.717) is 37.0 Å². The first-order valence-corrected chi connectivity index (χ1v) is 10.4. The molecule has 7 nitrogen and oxygen atoms in total. The molecule has 1 aromatic carbocycles. The number of aliphatic hydroxyl groups is 1. The molecule has 2 amide bonds. The highest BCUT2D eigenvalue weighted by Gasteiger charge is 2.44. The number of urea groups is 1. The Balaban J connectivity index is 1.30. The third kappa shape index (κ3) is 3.57. The summed E-state index contributed by atoms with van der Waals surface area (Å²) in [6, 6.07) is 13.6. The van der Waals surface area contributed by atoms with E-state index < -0.39 is 6.10 Å². The van der Waals surface area contributed by atoms with Crippen molar-refractivity contribution in [1.29, 1.82) is 0 Å². The minimum atomic E-state index is -0.454. The largest absolute Gasteiger partial charge is 0.391 e. The predicted octanol–water partition coefficient (Wildman–Crippen LogP) is 3.42. The summed E-state index contributed by atoms with van der Waals surface area (Å²) in [5.41, 5.74) is 1.74. The Morgan fingerprint density at radius 3 is 2.60 bits per heavy atom. The van der Waals surface area contributed by atoms with Gasteiger partial charge in [0.2, 0.25) is 0 Å². The van der Waals surface area contributed by atoms with Crippen LogP contribution in [0.15, 0.2) is 67.3 Å². The van der Waals surface area contributed by atoms with Gasteiger partial charge in [0.25, 0.3) is 0 Å². The van der Waals surface area contributed by atoms with Crippen LogP contribution in [0, 0.1) is 11.8 Å². The number of anilines is 1. The quantitative estimate of drug-likeness (QED) is 0.702. The molecule has 3 aromatic rings. The van der Waals surface area contributed by atoms with Gasteiger partial charge in [-0.05, 0) is 36.8 Å². The molecule has 7 heteroatoms. The van der Waals surface area contributed by atoms with Gasteiger partial charge in [0.15, 0.2) is 0 Å². The second-order valence-corrected chi connectivity index (χ2v) is 8.23. The van der Waals surface area contributed by atoms with Crippen molar-refractivity contribution in [2.24, 2.45) is 11.8 Å². The van der Waals surface area contributed by atoms with Crippen molar-refractivity contribution in [3.8, 4) is 11.4 Å². The van der Waals surface area contributed by atoms with Crippen LogP contribution < -0.4 is 5.32 Å². The maximum Gasteiger partial charge on any atom is 0.321 e. The van der Waals surface area contributed by atoms with E-state index in [1.54, 1.807) is 24.7 Å². The van der Waals surface area contributed by atoms with Crippen molar-refractivity contribution >= 4 is 11.7 Å². The van der Waals surface area contributed by atoms with Crippen molar-refractivity contribution in [2.45, 2.75) is 25.0 Å². The molecule has 1 saturated heterocycles. The summed E-state index contributed by atoms with van der Waals surface area (Å²) in [4.78, 5) is 23.1. The molecule has 1 aliphatic heterocycles. The maximum atomic E-state index is 12.7. The number of amides is 2. The maximum absolute atomic E-state index is 12.7. The number of hydrogen-bond donors (Lipinski definition) is 2. The first-order valence-electron chi connectivity index (χ1n) is 10.4. The Morgan fingerprint density at radius 1 is 1.03 bits per heavy atom. The molecule has 2 N–H and O–H groups in total. The number of hydrogen-bond acceptors (Lipinski definition) is 4. The van der Waals surface area contributed by atoms with Gasteiger partial charge in [-0.3, -0.25) is 4.98 Å². The average Bonchev–Trinajstić information content (AvgIpc) is 3.41. The number of fused-ring (bicyclic) bond motifs is 1. The first kappa shape index (κ1) is 18.8. The van der Waals surface area contributed by atoms with E-state index in [-0.39, 0.29) is 12.1 Å². The van der Waals surface area contributed by atoms with Crippen molar-refractivity contribution in [2.75, 3.05) is 18.4 Å². The number of nitrogens with one attached hydrogen (secondary N) is 1. The van der Waals surface area contributed by atoms with Gasteiger partial charge in [-0.1, -0.05) is 30.3 Å². The fourth-order valence-electron chi connectivity index (χ4n) is 4.90. The van der Waals surface area contributed by atoms with Gasteiger partial charge in [0.05, 0.1) is 24.0 Å². The highest BCUT2D eigenvalue weighted by atomic mass is 16.3. The Hall–Kier alpha value is -3.19. The Bertz CT molecular complexity index is 1010. The third-order valence-electron chi connectivity index (χ3n) is 6.37. The number of nitrogens with zero attached hydrogens (tertiary/aromatic N) is 4. The summed E-state index contributed by atoms with van der Waals surface area (Å²) in [6.07, 6.45) is 8.15. The zero-order valence-corrected chi connectivity index (χ0v) is 16.6. The van der Waals surface area contributed by atoms with Crippen molar-refractivity contribution in [3.05, 3.63) is 67.3 Å². The number of carbonyl (C=O) groups is 1. The fourth-order valence-corrected chi connectivity index (χ4v) is 4.90. The molecule has 1 saturated carbocycles. The normalized spacial score (nSPS) is 25.7. The molecule has 0 radical (unpaired) electrons. The summed E-state index contributed by atoms with van der Waals surface area (Å²) in [7, 11) is 0. The van der Waals surface area contributed by atoms with Gasteiger partial charge in [0, 0.05) is 37.2 Å². The van der Waals surface area contributed by atoms with Crippen molar-refractivity contribution in [1.82, 2.24) is 19.4 Å². The molecule has 154 valence electrons. The van der Waals surface area contributed by atoms with E-state index in [4.69, 9.17) is 0 Å². The SMILES string of the molecule is O=C(Nc1cccnc1)N1C[C@H]2C[C@H](O)[C@@H](n3ccnc3-c3ccccc3)C[C@H]2C1. The van der Waals surface area contributed by atoms with Crippen LogP contribution in [-0.2, 0) is 0 Å². The van der Waals surface area contributed by atoms with Gasteiger partial charge >= 0.3 is 6.03 Å². The van der Waals surface area contributed by atoms with Crippen LogP contribution in [-0.4, -0.2) is 49.8 Å². The summed E-state index contributed by atoms with van der Waals surface area (Å²) in [5.74, 6) is 1.56. The minimum absolute atomic E-state index is 0.0368. The number of likely N-dealkylation sites (tertiary alicyclic amines) is 1. The molecule has 2 aliphatic rings. The lowest BCUT2D eigenvalue weighted by atomic mass is 9.77. The predicted molar refractivity (Wildman–Crippen MR) is 114 cm³/mol.